The van der Waals surface area contributed by atoms with Gasteiger partial charge in [-0.2, -0.15) is 0 Å². The Kier molecular flexibility index (Phi) is 8.88. The second-order valence-corrected chi connectivity index (χ2v) is 12.0. The zero-order valence-corrected chi connectivity index (χ0v) is 25.8. The molecule has 0 fully saturated rings. The molecule has 0 aliphatic heterocycles. The van der Waals surface area contributed by atoms with Crippen LogP contribution in [0.25, 0.3) is 39.1 Å². The number of amides is 1. The Hall–Kier alpha value is -5.70. The molecule has 3 N–H and O–H groups in total. The van der Waals surface area contributed by atoms with Gasteiger partial charge in [-0.05, 0) is 47.9 Å². The van der Waals surface area contributed by atoms with Crippen molar-refractivity contribution in [2.75, 3.05) is 17.9 Å². The standard InChI is InChI=1S/C32H28F2N8O4S/c1-2-28(43)35-14-7-15-46-32-24-17-22(18-36-31(24)38-39-32)27-19-42(41-37-27)30-25(33)12-13-26(29(30)34)40-47(44,45)23-11-6-10-21(16-23)20-8-4-3-5-9-20/h3-6,8-13,16-19,40H,2,7,14-15H2,1H3,(H,35,43)(H,36,38,39). The Morgan fingerprint density at radius 2 is 1.81 bits per heavy atom. The average Bonchev–Trinajstić information content (AvgIpc) is 3.74. The molecule has 0 saturated carbocycles. The van der Waals surface area contributed by atoms with Gasteiger partial charge in [-0.15, -0.1) is 10.2 Å². The van der Waals surface area contributed by atoms with E-state index in [0.717, 1.165) is 22.4 Å². The number of hydrogen-bond acceptors (Lipinski definition) is 8. The van der Waals surface area contributed by atoms with Crippen molar-refractivity contribution in [3.05, 3.63) is 96.8 Å². The van der Waals surface area contributed by atoms with Crippen LogP contribution in [0.3, 0.4) is 0 Å². The summed E-state index contributed by atoms with van der Waals surface area (Å²) in [6, 6.07) is 19.0. The predicted molar refractivity (Wildman–Crippen MR) is 170 cm³/mol. The fourth-order valence-electron chi connectivity index (χ4n) is 4.74. The minimum absolute atomic E-state index is 0.0466. The first kappa shape index (κ1) is 31.3. The highest BCUT2D eigenvalue weighted by atomic mass is 32.2. The van der Waals surface area contributed by atoms with Crippen LogP contribution in [0.4, 0.5) is 14.5 Å². The van der Waals surface area contributed by atoms with E-state index in [-0.39, 0.29) is 22.4 Å². The fourth-order valence-corrected chi connectivity index (χ4v) is 5.84. The van der Waals surface area contributed by atoms with Crippen LogP contribution in [0, 0.1) is 11.6 Å². The third-order valence-corrected chi connectivity index (χ3v) is 8.53. The number of H-pyrrole nitrogens is 1. The van der Waals surface area contributed by atoms with Crippen molar-refractivity contribution in [2.24, 2.45) is 0 Å². The molecule has 15 heteroatoms. The zero-order chi connectivity index (χ0) is 33.0. The quantitative estimate of drug-likeness (QED) is 0.151. The Morgan fingerprint density at radius 3 is 2.62 bits per heavy atom. The van der Waals surface area contributed by atoms with E-state index in [1.807, 2.05) is 30.3 Å². The van der Waals surface area contributed by atoms with E-state index in [1.165, 1.54) is 24.5 Å². The molecule has 0 aliphatic rings. The highest BCUT2D eigenvalue weighted by Crippen LogP contribution is 2.30. The first-order valence-corrected chi connectivity index (χ1v) is 16.0. The summed E-state index contributed by atoms with van der Waals surface area (Å²) in [5.41, 5.74) is 1.50. The van der Waals surface area contributed by atoms with E-state index in [4.69, 9.17) is 4.74 Å². The molecule has 0 atom stereocenters. The number of benzene rings is 3. The number of sulfonamides is 1. The number of hydrogen-bond donors (Lipinski definition) is 3. The summed E-state index contributed by atoms with van der Waals surface area (Å²) >= 11 is 0. The molecule has 3 aromatic heterocycles. The number of carbonyl (C=O) groups excluding carboxylic acids is 1. The normalized spacial score (nSPS) is 11.5. The van der Waals surface area contributed by atoms with Gasteiger partial charge in [-0.25, -0.2) is 26.9 Å². The maximum atomic E-state index is 15.8. The van der Waals surface area contributed by atoms with Crippen LogP contribution >= 0.6 is 0 Å². The number of halogens is 2. The molecule has 0 aliphatic carbocycles. The van der Waals surface area contributed by atoms with Gasteiger partial charge in [0.05, 0.1) is 28.8 Å². The summed E-state index contributed by atoms with van der Waals surface area (Å²) < 4.78 is 66.2. The second-order valence-electron chi connectivity index (χ2n) is 10.4. The molecule has 0 radical (unpaired) electrons. The SMILES string of the molecule is CCC(=O)NCCCOc1n[nH]c2ncc(-c3cn(-c4c(F)ccc(NS(=O)(=O)c5cccc(-c6ccccc6)c5)c4F)nn3)cc12. The molecule has 0 bridgehead atoms. The molecule has 47 heavy (non-hydrogen) atoms. The third-order valence-electron chi connectivity index (χ3n) is 7.17. The summed E-state index contributed by atoms with van der Waals surface area (Å²) in [6.45, 7) is 2.52. The Bertz CT molecular complexity index is 2170. The molecule has 6 aromatic rings. The minimum Gasteiger partial charge on any atom is -0.476 e. The van der Waals surface area contributed by atoms with E-state index in [9.17, 15) is 13.2 Å². The lowest BCUT2D eigenvalue weighted by Gasteiger charge is -2.13. The molecular formula is C32H28F2N8O4S. The van der Waals surface area contributed by atoms with E-state index >= 15 is 8.78 Å². The predicted octanol–water partition coefficient (Wildman–Crippen LogP) is 5.25. The van der Waals surface area contributed by atoms with Crippen LogP contribution in [0.15, 0.2) is 90.1 Å². The molecule has 1 amide bonds. The summed E-state index contributed by atoms with van der Waals surface area (Å²) in [4.78, 5) is 15.6. The fraction of sp³-hybridized carbons (Fsp3) is 0.156. The van der Waals surface area contributed by atoms with E-state index in [1.54, 1.807) is 25.1 Å². The van der Waals surface area contributed by atoms with E-state index in [0.29, 0.717) is 48.2 Å². The molecule has 0 saturated heterocycles. The first-order valence-electron chi connectivity index (χ1n) is 14.6. The number of ether oxygens (including phenoxy) is 1. The maximum absolute atomic E-state index is 15.8. The van der Waals surface area contributed by atoms with E-state index < -0.39 is 33.0 Å². The van der Waals surface area contributed by atoms with Gasteiger partial charge >= 0.3 is 0 Å². The molecule has 3 aromatic carbocycles. The topological polar surface area (TPSA) is 157 Å². The van der Waals surface area contributed by atoms with Gasteiger partial charge in [-0.3, -0.25) is 14.6 Å². The number of pyridine rings is 1. The zero-order valence-electron chi connectivity index (χ0n) is 24.9. The summed E-state index contributed by atoms with van der Waals surface area (Å²) in [6.07, 6.45) is 3.74. The molecule has 6 rings (SSSR count). The molecule has 0 unspecified atom stereocenters. The molecule has 0 spiro atoms. The lowest BCUT2D eigenvalue weighted by atomic mass is 10.1. The molecule has 240 valence electrons. The van der Waals surface area contributed by atoms with Gasteiger partial charge < -0.3 is 10.1 Å². The van der Waals surface area contributed by atoms with Crippen LogP contribution in [0.5, 0.6) is 5.88 Å². The van der Waals surface area contributed by atoms with Crippen molar-refractivity contribution in [3.8, 4) is 34.0 Å². The monoisotopic (exact) mass is 658 g/mol. The number of fused-ring (bicyclic) bond motifs is 1. The van der Waals surface area contributed by atoms with Gasteiger partial charge in [0.25, 0.3) is 10.0 Å². The van der Waals surface area contributed by atoms with Crippen molar-refractivity contribution in [3.63, 3.8) is 0 Å². The van der Waals surface area contributed by atoms with Gasteiger partial charge in [0.1, 0.15) is 11.4 Å². The number of nitrogens with zero attached hydrogens (tertiary/aromatic N) is 5. The van der Waals surface area contributed by atoms with Gasteiger partial charge in [-0.1, -0.05) is 54.6 Å². The summed E-state index contributed by atoms with van der Waals surface area (Å²) in [7, 11) is -4.26. The molecular weight excluding hydrogens is 630 g/mol. The average molecular weight is 659 g/mol. The smallest absolute Gasteiger partial charge is 0.262 e. The summed E-state index contributed by atoms with van der Waals surface area (Å²) in [5.74, 6) is -1.93. The third kappa shape index (κ3) is 6.79. The number of aromatic nitrogens is 6. The van der Waals surface area contributed by atoms with Crippen molar-refractivity contribution >= 4 is 32.7 Å². The van der Waals surface area contributed by atoms with Gasteiger partial charge in [0.2, 0.25) is 11.8 Å². The van der Waals surface area contributed by atoms with Crippen LogP contribution < -0.4 is 14.8 Å². The van der Waals surface area contributed by atoms with Crippen LogP contribution in [-0.4, -0.2) is 57.7 Å². The second kappa shape index (κ2) is 13.3. The number of aromatic amines is 1. The van der Waals surface area contributed by atoms with Crippen molar-refractivity contribution < 1.29 is 26.7 Å². The molecule has 12 nitrogen and oxygen atoms in total. The highest BCUT2D eigenvalue weighted by Gasteiger charge is 2.23. The Balaban J connectivity index is 1.22. The summed E-state index contributed by atoms with van der Waals surface area (Å²) in [5, 5.41) is 18.2. The minimum atomic E-state index is -4.26. The van der Waals surface area contributed by atoms with Crippen LogP contribution in [0.2, 0.25) is 0 Å². The van der Waals surface area contributed by atoms with Crippen molar-refractivity contribution in [1.29, 1.82) is 0 Å². The number of anilines is 1. The van der Waals surface area contributed by atoms with E-state index in [2.05, 4.69) is 35.5 Å². The Morgan fingerprint density at radius 1 is 1.00 bits per heavy atom. The number of nitrogens with one attached hydrogen (secondary N) is 3. The molecule has 3 heterocycles. The largest absolute Gasteiger partial charge is 0.476 e. The van der Waals surface area contributed by atoms with Crippen molar-refractivity contribution in [2.45, 2.75) is 24.7 Å². The number of carbonyl (C=O) groups is 1. The maximum Gasteiger partial charge on any atom is 0.262 e. The van der Waals surface area contributed by atoms with Crippen molar-refractivity contribution in [1.82, 2.24) is 35.5 Å². The van der Waals surface area contributed by atoms with Gasteiger partial charge in [0, 0.05) is 24.7 Å². The first-order chi connectivity index (χ1) is 22.7. The van der Waals surface area contributed by atoms with Crippen LogP contribution in [-0.2, 0) is 14.8 Å². The lowest BCUT2D eigenvalue weighted by Crippen LogP contribution is -2.24. The highest BCUT2D eigenvalue weighted by molar-refractivity contribution is 7.92. The van der Waals surface area contributed by atoms with Gasteiger partial charge in [0.15, 0.2) is 17.3 Å². The number of rotatable bonds is 12. The Labute approximate surface area is 267 Å². The van der Waals surface area contributed by atoms with Crippen LogP contribution in [0.1, 0.15) is 19.8 Å². The lowest BCUT2D eigenvalue weighted by molar-refractivity contribution is -0.120.